The lowest BCUT2D eigenvalue weighted by atomic mass is 9.90. The van der Waals surface area contributed by atoms with E-state index in [1.165, 1.54) is 13.8 Å². The van der Waals surface area contributed by atoms with E-state index in [2.05, 4.69) is 5.32 Å². The van der Waals surface area contributed by atoms with Gasteiger partial charge in [0.1, 0.15) is 11.5 Å². The number of para-hydroxylation sites is 1. The van der Waals surface area contributed by atoms with Crippen molar-refractivity contribution in [2.75, 3.05) is 5.32 Å². The smallest absolute Gasteiger partial charge is 0.458 e. The Kier molecular flexibility index (Phi) is 4.80. The van der Waals surface area contributed by atoms with E-state index in [1.807, 2.05) is 0 Å². The van der Waals surface area contributed by atoms with E-state index in [0.717, 1.165) is 6.07 Å². The van der Waals surface area contributed by atoms with Crippen LogP contribution in [-0.4, -0.2) is 22.8 Å². The van der Waals surface area contributed by atoms with Crippen molar-refractivity contribution in [2.24, 2.45) is 0 Å². The summed E-state index contributed by atoms with van der Waals surface area (Å²) in [6.07, 6.45) is -5.83. The molecule has 1 aliphatic rings. The summed E-state index contributed by atoms with van der Waals surface area (Å²) < 4.78 is 71.4. The first kappa shape index (κ1) is 20.6. The van der Waals surface area contributed by atoms with Crippen molar-refractivity contribution in [2.45, 2.75) is 31.5 Å². The van der Waals surface area contributed by atoms with Gasteiger partial charge in [-0.15, -0.1) is 0 Å². The number of hydrogen-bond acceptors (Lipinski definition) is 3. The van der Waals surface area contributed by atoms with Gasteiger partial charge in [-0.2, -0.15) is 22.0 Å². The average Bonchev–Trinajstić information content (AvgIpc) is 2.62. The molecule has 0 bridgehead atoms. The second kappa shape index (κ2) is 6.75. The normalized spacial score (nSPS) is 16.1. The predicted octanol–water partition coefficient (Wildman–Crippen LogP) is 5.42. The highest BCUT2D eigenvalue weighted by Gasteiger charge is 2.59. The molecule has 0 saturated heterocycles. The first-order valence-corrected chi connectivity index (χ1v) is 8.43. The fraction of sp³-hybridized carbons (Fsp3) is 0.250. The summed E-state index contributed by atoms with van der Waals surface area (Å²) in [7, 11) is 0. The van der Waals surface area contributed by atoms with E-state index < -0.39 is 40.5 Å². The third kappa shape index (κ3) is 3.64. The Hall–Kier alpha value is -3.10. The molecule has 0 aliphatic carbocycles. The van der Waals surface area contributed by atoms with Crippen LogP contribution in [0.5, 0.6) is 5.75 Å². The first-order chi connectivity index (χ1) is 13.3. The molecule has 2 aromatic carbocycles. The Morgan fingerprint density at radius 1 is 1.03 bits per heavy atom. The Morgan fingerprint density at radius 2 is 1.66 bits per heavy atom. The number of fused-ring (bicyclic) bond motifs is 1. The highest BCUT2D eigenvalue weighted by molar-refractivity contribution is 6.26. The van der Waals surface area contributed by atoms with Gasteiger partial charge >= 0.3 is 12.1 Å². The maximum Gasteiger partial charge on any atom is 0.458 e. The van der Waals surface area contributed by atoms with Gasteiger partial charge in [-0.3, -0.25) is 4.79 Å². The summed E-state index contributed by atoms with van der Waals surface area (Å²) in [6, 6.07) is 10.1. The molecule has 0 fully saturated rings. The summed E-state index contributed by atoms with van der Waals surface area (Å²) in [4.78, 5) is 12.8. The van der Waals surface area contributed by atoms with Crippen LogP contribution < -0.4 is 10.1 Å². The zero-order valence-corrected chi connectivity index (χ0v) is 15.3. The fourth-order valence-corrected chi connectivity index (χ4v) is 2.87. The summed E-state index contributed by atoms with van der Waals surface area (Å²) in [6.45, 7) is 2.86. The molecule has 154 valence electrons. The minimum atomic E-state index is -5.83. The minimum Gasteiger partial charge on any atom is -0.507 e. The number of benzene rings is 2. The average molecular weight is 413 g/mol. The molecule has 9 heteroatoms. The third-order valence-electron chi connectivity index (χ3n) is 4.40. The summed E-state index contributed by atoms with van der Waals surface area (Å²) in [5.41, 5.74) is -3.23. The van der Waals surface area contributed by atoms with Crippen LogP contribution in [0.2, 0.25) is 0 Å². The highest BCUT2D eigenvalue weighted by Crippen LogP contribution is 2.47. The van der Waals surface area contributed by atoms with Gasteiger partial charge in [0.05, 0.1) is 5.57 Å². The molecule has 3 rings (SSSR count). The van der Waals surface area contributed by atoms with Gasteiger partial charge in [0.25, 0.3) is 5.91 Å². The monoisotopic (exact) mass is 413 g/mol. The van der Waals surface area contributed by atoms with Gasteiger partial charge in [-0.1, -0.05) is 18.2 Å². The maximum atomic E-state index is 13.8. The summed E-state index contributed by atoms with van der Waals surface area (Å²) in [5, 5.41) is 13.0. The van der Waals surface area contributed by atoms with Gasteiger partial charge in [0, 0.05) is 16.8 Å². The van der Waals surface area contributed by atoms with Crippen molar-refractivity contribution in [3.8, 4) is 5.75 Å². The second-order valence-electron chi connectivity index (χ2n) is 6.94. The van der Waals surface area contributed by atoms with Crippen molar-refractivity contribution in [3.63, 3.8) is 0 Å². The highest BCUT2D eigenvalue weighted by atomic mass is 19.4. The molecule has 2 aromatic rings. The lowest BCUT2D eigenvalue weighted by molar-refractivity contribution is -0.289. The maximum absolute atomic E-state index is 13.8. The quantitative estimate of drug-likeness (QED) is 0.661. The van der Waals surface area contributed by atoms with Crippen LogP contribution >= 0.6 is 0 Å². The van der Waals surface area contributed by atoms with Crippen LogP contribution in [0, 0.1) is 0 Å². The number of halogens is 5. The van der Waals surface area contributed by atoms with Gasteiger partial charge in [-0.25, -0.2) is 0 Å². The molecule has 1 aliphatic heterocycles. The van der Waals surface area contributed by atoms with E-state index in [4.69, 9.17) is 4.74 Å². The standard InChI is InChI=1S/C20H16F5NO3/c1-18(2)16(27)15(17(28)26-12-6-4-3-5-7-12)13-10-11(8-9-14(13)29-18)19(21,22)20(23,24)25/h3-10,27H,1-2H3,(H,26,28). The zero-order chi connectivity index (χ0) is 21.6. The lowest BCUT2D eigenvalue weighted by Crippen LogP contribution is -2.38. The number of anilines is 1. The minimum absolute atomic E-state index is 0.104. The van der Waals surface area contributed by atoms with Crippen LogP contribution in [0.3, 0.4) is 0 Å². The molecule has 0 atom stereocenters. The molecule has 4 nitrogen and oxygen atoms in total. The van der Waals surface area contributed by atoms with Gasteiger partial charge in [0.15, 0.2) is 5.60 Å². The predicted molar refractivity (Wildman–Crippen MR) is 95.7 cm³/mol. The molecule has 2 N–H and O–H groups in total. The van der Waals surface area contributed by atoms with E-state index in [9.17, 15) is 31.9 Å². The van der Waals surface area contributed by atoms with Crippen molar-refractivity contribution in [1.29, 1.82) is 0 Å². The number of carbonyl (C=O) groups is 1. The van der Waals surface area contributed by atoms with E-state index in [1.54, 1.807) is 30.3 Å². The fourth-order valence-electron chi connectivity index (χ4n) is 2.87. The van der Waals surface area contributed by atoms with E-state index in [0.29, 0.717) is 17.8 Å². The SMILES string of the molecule is CC1(C)Oc2ccc(C(F)(F)C(F)(F)F)cc2C(C(=O)Nc2ccccc2)=C1O. The Bertz CT molecular complexity index is 981. The van der Waals surface area contributed by atoms with Crippen LogP contribution in [0.1, 0.15) is 25.0 Å². The van der Waals surface area contributed by atoms with Gasteiger partial charge in [-0.05, 0) is 44.2 Å². The van der Waals surface area contributed by atoms with E-state index >= 15 is 0 Å². The first-order valence-electron chi connectivity index (χ1n) is 8.43. The molecule has 0 saturated carbocycles. The number of aliphatic hydroxyl groups is 1. The third-order valence-corrected chi connectivity index (χ3v) is 4.40. The molecular formula is C20H16F5NO3. The summed E-state index contributed by atoms with van der Waals surface area (Å²) in [5.74, 6) is -6.72. The Morgan fingerprint density at radius 3 is 2.24 bits per heavy atom. The topological polar surface area (TPSA) is 58.6 Å². The number of nitrogens with one attached hydrogen (secondary N) is 1. The molecule has 29 heavy (non-hydrogen) atoms. The molecule has 1 heterocycles. The van der Waals surface area contributed by atoms with Gasteiger partial charge < -0.3 is 15.2 Å². The number of aliphatic hydroxyl groups excluding tert-OH is 1. The van der Waals surface area contributed by atoms with E-state index in [-0.39, 0.29) is 11.3 Å². The Balaban J connectivity index is 2.13. The second-order valence-corrected chi connectivity index (χ2v) is 6.94. The molecular weight excluding hydrogens is 397 g/mol. The molecule has 0 unspecified atom stereocenters. The molecule has 1 amide bonds. The molecule has 0 radical (unpaired) electrons. The number of rotatable bonds is 3. The Labute approximate surface area is 162 Å². The van der Waals surface area contributed by atoms with Crippen molar-refractivity contribution in [1.82, 2.24) is 0 Å². The van der Waals surface area contributed by atoms with Crippen molar-refractivity contribution < 1.29 is 36.6 Å². The van der Waals surface area contributed by atoms with Crippen LogP contribution in [0.4, 0.5) is 27.6 Å². The van der Waals surface area contributed by atoms with Crippen molar-refractivity contribution in [3.05, 3.63) is 65.4 Å². The largest absolute Gasteiger partial charge is 0.507 e. The zero-order valence-electron chi connectivity index (χ0n) is 15.3. The lowest BCUT2D eigenvalue weighted by Gasteiger charge is -2.34. The van der Waals surface area contributed by atoms with Crippen molar-refractivity contribution >= 4 is 17.2 Å². The number of ether oxygens (including phenoxy) is 1. The molecule has 0 aromatic heterocycles. The number of carbonyl (C=O) groups excluding carboxylic acids is 1. The van der Waals surface area contributed by atoms with Gasteiger partial charge in [0.2, 0.25) is 0 Å². The number of hydrogen-bond donors (Lipinski definition) is 2. The summed E-state index contributed by atoms with van der Waals surface area (Å²) >= 11 is 0. The van der Waals surface area contributed by atoms with Crippen LogP contribution in [0.15, 0.2) is 54.3 Å². The van der Waals surface area contributed by atoms with Crippen LogP contribution in [-0.2, 0) is 10.7 Å². The molecule has 0 spiro atoms. The number of amides is 1. The number of alkyl halides is 5. The van der Waals surface area contributed by atoms with Crippen LogP contribution in [0.25, 0.3) is 5.57 Å².